The lowest BCUT2D eigenvalue weighted by Crippen LogP contribution is -1.83. The molecule has 0 aromatic carbocycles. The largest absolute Gasteiger partial charge is 0.292 e. The van der Waals surface area contributed by atoms with Crippen LogP contribution in [0.5, 0.6) is 0 Å². The second-order valence-electron chi connectivity index (χ2n) is 1.50. The van der Waals surface area contributed by atoms with E-state index in [2.05, 4.69) is 11.7 Å². The summed E-state index contributed by atoms with van der Waals surface area (Å²) in [6, 6.07) is 0. The van der Waals surface area contributed by atoms with Crippen LogP contribution in [0.2, 0.25) is 0 Å². The highest BCUT2D eigenvalue weighted by atomic mass is 32.1. The quantitative estimate of drug-likeness (QED) is 0.250. The third kappa shape index (κ3) is 1.06. The molecule has 1 nitrogen and oxygen atoms in total. The van der Waals surface area contributed by atoms with Gasteiger partial charge >= 0.3 is 0 Å². The Hall–Kier alpha value is -0.240. The van der Waals surface area contributed by atoms with Crippen molar-refractivity contribution in [3.63, 3.8) is 0 Å². The molecular weight excluding hydrogens is 106 g/mol. The van der Waals surface area contributed by atoms with Crippen molar-refractivity contribution in [1.82, 2.24) is 0 Å². The molecule has 0 aliphatic carbocycles. The zero-order valence-electron chi connectivity index (χ0n) is 4.18. The van der Waals surface area contributed by atoms with Gasteiger partial charge in [0.2, 0.25) is 0 Å². The fourth-order valence-electron chi connectivity index (χ4n) is 0.610. The molecule has 2 heteroatoms. The molecule has 1 heterocycles. The van der Waals surface area contributed by atoms with Crippen LogP contribution in [0.1, 0.15) is 12.8 Å². The molecule has 7 heavy (non-hydrogen) atoms. The Morgan fingerprint density at radius 1 is 1.71 bits per heavy atom. The van der Waals surface area contributed by atoms with Crippen molar-refractivity contribution in [1.29, 1.82) is 0 Å². The Bertz CT molecular complexity index is 107. The summed E-state index contributed by atoms with van der Waals surface area (Å²) in [6.45, 7) is 3.43. The van der Waals surface area contributed by atoms with Gasteiger partial charge in [0, 0.05) is 6.42 Å². The highest BCUT2D eigenvalue weighted by Crippen LogP contribution is 2.00. The van der Waals surface area contributed by atoms with Gasteiger partial charge in [-0.2, -0.15) is 0 Å². The summed E-state index contributed by atoms with van der Waals surface area (Å²) < 4.78 is 0. The predicted octanol–water partition coefficient (Wildman–Crippen LogP) is 0.693. The van der Waals surface area contributed by atoms with Gasteiger partial charge in [0.05, 0.1) is 6.42 Å². The maximum absolute atomic E-state index is 3.82. The molecule has 0 radical (unpaired) electrons. The minimum Gasteiger partial charge on any atom is -0.214 e. The van der Waals surface area contributed by atoms with Gasteiger partial charge in [0.15, 0.2) is 17.1 Å². The molecule has 0 saturated heterocycles. The maximum atomic E-state index is 3.82. The third-order valence-electron chi connectivity index (χ3n) is 0.980. The Kier molecular flexibility index (Phi) is 1.52. The minimum absolute atomic E-state index is 1.16. The van der Waals surface area contributed by atoms with Crippen molar-refractivity contribution < 1.29 is 0 Å². The fraction of sp³-hybridized carbons (Fsp3) is 0.600. The molecule has 0 bridgehead atoms. The summed E-state index contributed by atoms with van der Waals surface area (Å²) in [5.41, 5.74) is 0. The van der Waals surface area contributed by atoms with Gasteiger partial charge in [-0.15, -0.1) is 0 Å². The van der Waals surface area contributed by atoms with Gasteiger partial charge in [0.25, 0.3) is 4.99 Å². The SMILES string of the molecule is C=NC1=[S+]CCC1. The molecule has 1 aliphatic heterocycles. The van der Waals surface area contributed by atoms with Gasteiger partial charge < -0.3 is 0 Å². The zero-order valence-corrected chi connectivity index (χ0v) is 5.00. The summed E-state index contributed by atoms with van der Waals surface area (Å²) in [5, 5.41) is 0. The fourth-order valence-corrected chi connectivity index (χ4v) is 1.51. The average molecular weight is 114 g/mol. The van der Waals surface area contributed by atoms with Crippen LogP contribution in [-0.4, -0.2) is 17.5 Å². The zero-order chi connectivity index (χ0) is 5.11. The number of nitrogens with zero attached hydrogens (tertiary/aromatic N) is 1. The molecule has 0 saturated carbocycles. The minimum atomic E-state index is 1.16. The van der Waals surface area contributed by atoms with Crippen LogP contribution >= 0.6 is 0 Å². The first-order chi connectivity index (χ1) is 3.43. The highest BCUT2D eigenvalue weighted by Gasteiger charge is 2.15. The van der Waals surface area contributed by atoms with Crippen molar-refractivity contribution in [3.05, 3.63) is 0 Å². The molecule has 1 aliphatic rings. The Morgan fingerprint density at radius 3 is 2.86 bits per heavy atom. The molecule has 0 unspecified atom stereocenters. The lowest BCUT2D eigenvalue weighted by atomic mass is 10.3. The standard InChI is InChI=1S/C5H8NS/c1-6-5-3-2-4-7-5/h1-4H2/q+1. The van der Waals surface area contributed by atoms with Crippen LogP contribution in [0.3, 0.4) is 0 Å². The Morgan fingerprint density at radius 2 is 2.57 bits per heavy atom. The molecule has 1 rings (SSSR count). The van der Waals surface area contributed by atoms with Gasteiger partial charge in [-0.05, 0) is 6.72 Å². The predicted molar refractivity (Wildman–Crippen MR) is 36.0 cm³/mol. The van der Waals surface area contributed by atoms with E-state index in [0.717, 1.165) is 6.42 Å². The first-order valence-electron chi connectivity index (χ1n) is 2.39. The van der Waals surface area contributed by atoms with E-state index in [1.165, 1.54) is 17.2 Å². The van der Waals surface area contributed by atoms with E-state index in [4.69, 9.17) is 0 Å². The molecular formula is C5H8NS+. The van der Waals surface area contributed by atoms with E-state index < -0.39 is 0 Å². The molecule has 0 N–H and O–H groups in total. The smallest absolute Gasteiger partial charge is 0.214 e. The number of rotatable bonds is 0. The van der Waals surface area contributed by atoms with Crippen molar-refractivity contribution in [2.45, 2.75) is 12.8 Å². The van der Waals surface area contributed by atoms with E-state index >= 15 is 0 Å². The van der Waals surface area contributed by atoms with Crippen molar-refractivity contribution >= 4 is 23.1 Å². The summed E-state index contributed by atoms with van der Waals surface area (Å²) in [5.74, 6) is 1.24. The first kappa shape index (κ1) is 4.91. The third-order valence-corrected chi connectivity index (χ3v) is 2.14. The second kappa shape index (κ2) is 2.17. The van der Waals surface area contributed by atoms with Gasteiger partial charge in [-0.1, -0.05) is 0 Å². The topological polar surface area (TPSA) is 12.4 Å². The van der Waals surface area contributed by atoms with E-state index in [-0.39, 0.29) is 0 Å². The summed E-state index contributed by atoms with van der Waals surface area (Å²) in [6.07, 6.45) is 2.45. The number of hydrogen-bond donors (Lipinski definition) is 0. The molecule has 38 valence electrons. The normalized spacial score (nSPS) is 19.1. The lowest BCUT2D eigenvalue weighted by molar-refractivity contribution is 1.03. The second-order valence-corrected chi connectivity index (χ2v) is 2.67. The number of hydrogen-bond acceptors (Lipinski definition) is 1. The molecule has 0 fully saturated rings. The molecule has 0 aromatic heterocycles. The van der Waals surface area contributed by atoms with Crippen LogP contribution in [0.25, 0.3) is 0 Å². The van der Waals surface area contributed by atoms with Crippen LogP contribution in [-0.2, 0) is 11.4 Å². The van der Waals surface area contributed by atoms with Gasteiger partial charge in [-0.3, -0.25) is 0 Å². The van der Waals surface area contributed by atoms with Crippen LogP contribution < -0.4 is 0 Å². The van der Waals surface area contributed by atoms with E-state index in [1.54, 1.807) is 0 Å². The summed E-state index contributed by atoms with van der Waals surface area (Å²) in [4.78, 5) is 5.04. The highest BCUT2D eigenvalue weighted by molar-refractivity contribution is 7.79. The maximum Gasteiger partial charge on any atom is 0.292 e. The summed E-state index contributed by atoms with van der Waals surface area (Å²) >= 11 is 1.83. The van der Waals surface area contributed by atoms with Crippen molar-refractivity contribution in [3.8, 4) is 0 Å². The average Bonchev–Trinajstić information content (AvgIpc) is 2.14. The van der Waals surface area contributed by atoms with Crippen LogP contribution in [0.4, 0.5) is 0 Å². The Labute approximate surface area is 47.4 Å². The number of aliphatic imine (C=N–C) groups is 1. The molecule has 0 aromatic rings. The Balaban J connectivity index is 2.51. The van der Waals surface area contributed by atoms with Gasteiger partial charge in [-0.25, -0.2) is 4.99 Å². The van der Waals surface area contributed by atoms with E-state index in [0.29, 0.717) is 0 Å². The van der Waals surface area contributed by atoms with Crippen molar-refractivity contribution in [2.75, 3.05) is 5.75 Å². The first-order valence-corrected chi connectivity index (χ1v) is 3.37. The summed E-state index contributed by atoms with van der Waals surface area (Å²) in [7, 11) is 0. The van der Waals surface area contributed by atoms with Crippen LogP contribution in [0.15, 0.2) is 4.99 Å². The monoisotopic (exact) mass is 114 g/mol. The molecule has 0 amide bonds. The van der Waals surface area contributed by atoms with E-state index in [9.17, 15) is 0 Å². The molecule has 0 atom stereocenters. The lowest BCUT2D eigenvalue weighted by Gasteiger charge is -1.70. The van der Waals surface area contributed by atoms with E-state index in [1.807, 2.05) is 11.4 Å². The van der Waals surface area contributed by atoms with Crippen molar-refractivity contribution in [2.24, 2.45) is 4.99 Å². The van der Waals surface area contributed by atoms with Gasteiger partial charge in [0.1, 0.15) is 0 Å². The van der Waals surface area contributed by atoms with Crippen LogP contribution in [0, 0.1) is 0 Å². The molecule has 0 spiro atoms.